The quantitative estimate of drug-likeness (QED) is 0.742. The van der Waals surface area contributed by atoms with Gasteiger partial charge < -0.3 is 10.6 Å². The van der Waals surface area contributed by atoms with Gasteiger partial charge in [0.1, 0.15) is 0 Å². The molecule has 1 fully saturated rings. The van der Waals surface area contributed by atoms with Crippen LogP contribution in [0.2, 0.25) is 0 Å². The van der Waals surface area contributed by atoms with E-state index in [0.29, 0.717) is 6.54 Å². The summed E-state index contributed by atoms with van der Waals surface area (Å²) in [7, 11) is 1.51. The molecule has 1 atom stereocenters. The molecule has 1 aromatic carbocycles. The van der Waals surface area contributed by atoms with Crippen LogP contribution >= 0.6 is 0 Å². The van der Waals surface area contributed by atoms with Crippen molar-refractivity contribution in [3.05, 3.63) is 35.9 Å². The number of hydrogen-bond donors (Lipinski definition) is 2. The molecule has 84 valence electrons. The van der Waals surface area contributed by atoms with Crippen LogP contribution in [-0.4, -0.2) is 30.6 Å². The molecule has 0 aliphatic carbocycles. The van der Waals surface area contributed by atoms with Crippen LogP contribution < -0.4 is 10.6 Å². The van der Waals surface area contributed by atoms with Gasteiger partial charge in [-0.1, -0.05) is 30.3 Å². The maximum absolute atomic E-state index is 11.5. The first kappa shape index (κ1) is 10.5. The molecule has 0 radical (unpaired) electrons. The van der Waals surface area contributed by atoms with Crippen molar-refractivity contribution in [1.29, 1.82) is 0 Å². The van der Waals surface area contributed by atoms with Gasteiger partial charge in [-0.2, -0.15) is 0 Å². The normalized spacial score (nSPS) is 19.4. The minimum absolute atomic E-state index is 0.119. The fourth-order valence-corrected chi connectivity index (χ4v) is 1.72. The van der Waals surface area contributed by atoms with E-state index in [-0.39, 0.29) is 18.1 Å². The lowest BCUT2D eigenvalue weighted by Crippen LogP contribution is -2.40. The average molecular weight is 219 g/mol. The van der Waals surface area contributed by atoms with E-state index in [2.05, 4.69) is 10.6 Å². The number of amides is 4. The zero-order chi connectivity index (χ0) is 11.5. The molecule has 2 rings (SSSR count). The average Bonchev–Trinajstić information content (AvgIpc) is 2.71. The van der Waals surface area contributed by atoms with Crippen molar-refractivity contribution in [2.75, 3.05) is 13.6 Å². The number of rotatable bonds is 1. The van der Waals surface area contributed by atoms with Gasteiger partial charge in [-0.15, -0.1) is 0 Å². The third kappa shape index (κ3) is 1.84. The second-order valence-electron chi connectivity index (χ2n) is 3.58. The van der Waals surface area contributed by atoms with Crippen LogP contribution in [0.25, 0.3) is 0 Å². The van der Waals surface area contributed by atoms with Crippen molar-refractivity contribution in [1.82, 2.24) is 15.5 Å². The summed E-state index contributed by atoms with van der Waals surface area (Å²) in [5.74, 6) is 0. The molecule has 1 saturated heterocycles. The highest BCUT2D eigenvalue weighted by Gasteiger charge is 2.33. The molecular formula is C11H13N3O2. The summed E-state index contributed by atoms with van der Waals surface area (Å²) in [4.78, 5) is 24.0. The van der Waals surface area contributed by atoms with E-state index >= 15 is 0 Å². The number of benzene rings is 1. The molecule has 0 unspecified atom stereocenters. The Morgan fingerprint density at radius 3 is 2.75 bits per heavy atom. The molecule has 0 bridgehead atoms. The van der Waals surface area contributed by atoms with Gasteiger partial charge in [-0.3, -0.25) is 0 Å². The molecule has 0 saturated carbocycles. The predicted molar refractivity (Wildman–Crippen MR) is 58.9 cm³/mol. The van der Waals surface area contributed by atoms with Gasteiger partial charge in [-0.05, 0) is 5.56 Å². The predicted octanol–water partition coefficient (Wildman–Crippen LogP) is 1.09. The van der Waals surface area contributed by atoms with Crippen molar-refractivity contribution in [3.8, 4) is 0 Å². The molecule has 0 aromatic heterocycles. The van der Waals surface area contributed by atoms with E-state index in [9.17, 15) is 9.59 Å². The summed E-state index contributed by atoms with van der Waals surface area (Å²) in [6.07, 6.45) is 0. The molecule has 1 aliphatic rings. The Kier molecular flexibility index (Phi) is 2.76. The first-order chi connectivity index (χ1) is 7.72. The third-order valence-corrected chi connectivity index (χ3v) is 2.57. The van der Waals surface area contributed by atoms with E-state index in [1.165, 1.54) is 7.05 Å². The van der Waals surface area contributed by atoms with Crippen LogP contribution in [0, 0.1) is 0 Å². The molecular weight excluding hydrogens is 206 g/mol. The lowest BCUT2D eigenvalue weighted by Gasteiger charge is -2.11. The van der Waals surface area contributed by atoms with Crippen molar-refractivity contribution >= 4 is 12.1 Å². The standard InChI is InChI=1S/C11H13N3O2/c1-12-10(15)14-7-9(13-11(14)16)8-5-3-2-4-6-8/h2-6,9H,7H2,1H3,(H,12,15)(H,13,16)/t9-/m0/s1. The van der Waals surface area contributed by atoms with Crippen molar-refractivity contribution in [2.45, 2.75) is 6.04 Å². The number of carbonyl (C=O) groups is 2. The number of carbonyl (C=O) groups excluding carboxylic acids is 2. The minimum Gasteiger partial charge on any atom is -0.341 e. The fourth-order valence-electron chi connectivity index (χ4n) is 1.72. The highest BCUT2D eigenvalue weighted by molar-refractivity contribution is 5.95. The van der Waals surface area contributed by atoms with Crippen LogP contribution in [0.1, 0.15) is 11.6 Å². The Bertz CT molecular complexity index is 405. The summed E-state index contributed by atoms with van der Waals surface area (Å²) >= 11 is 0. The molecule has 1 aromatic rings. The van der Waals surface area contributed by atoms with Crippen LogP contribution in [0.4, 0.5) is 9.59 Å². The van der Waals surface area contributed by atoms with Gasteiger partial charge in [0.15, 0.2) is 0 Å². The van der Waals surface area contributed by atoms with Gasteiger partial charge in [0.05, 0.1) is 12.6 Å². The Hall–Kier alpha value is -2.04. The fraction of sp³-hybridized carbons (Fsp3) is 0.273. The van der Waals surface area contributed by atoms with E-state index < -0.39 is 0 Å². The highest BCUT2D eigenvalue weighted by Crippen LogP contribution is 2.19. The maximum Gasteiger partial charge on any atom is 0.326 e. The summed E-state index contributed by atoms with van der Waals surface area (Å²) < 4.78 is 0. The van der Waals surface area contributed by atoms with Gasteiger partial charge >= 0.3 is 12.1 Å². The lowest BCUT2D eigenvalue weighted by atomic mass is 10.1. The molecule has 16 heavy (non-hydrogen) atoms. The first-order valence-corrected chi connectivity index (χ1v) is 5.07. The second-order valence-corrected chi connectivity index (χ2v) is 3.58. The minimum atomic E-state index is -0.379. The molecule has 2 N–H and O–H groups in total. The monoisotopic (exact) mass is 219 g/mol. The van der Waals surface area contributed by atoms with Crippen molar-refractivity contribution in [3.63, 3.8) is 0 Å². The molecule has 0 spiro atoms. The summed E-state index contributed by atoms with van der Waals surface area (Å²) in [6, 6.07) is 8.73. The number of hydrogen-bond acceptors (Lipinski definition) is 2. The smallest absolute Gasteiger partial charge is 0.326 e. The van der Waals surface area contributed by atoms with Crippen LogP contribution in [-0.2, 0) is 0 Å². The van der Waals surface area contributed by atoms with Gasteiger partial charge in [-0.25, -0.2) is 14.5 Å². The van der Waals surface area contributed by atoms with Gasteiger partial charge in [0.25, 0.3) is 0 Å². The molecule has 1 aliphatic heterocycles. The summed E-state index contributed by atoms with van der Waals surface area (Å²) in [5, 5.41) is 5.20. The van der Waals surface area contributed by atoms with E-state index in [0.717, 1.165) is 10.5 Å². The Morgan fingerprint density at radius 1 is 1.44 bits per heavy atom. The largest absolute Gasteiger partial charge is 0.341 e. The SMILES string of the molecule is CNC(=O)N1C[C@@H](c2ccccc2)NC1=O. The number of imide groups is 1. The summed E-state index contributed by atoms with van der Waals surface area (Å²) in [5.41, 5.74) is 1.00. The maximum atomic E-state index is 11.5. The molecule has 1 heterocycles. The molecule has 5 nitrogen and oxygen atoms in total. The number of nitrogens with one attached hydrogen (secondary N) is 2. The van der Waals surface area contributed by atoms with Crippen LogP contribution in [0.3, 0.4) is 0 Å². The van der Waals surface area contributed by atoms with Crippen LogP contribution in [0.15, 0.2) is 30.3 Å². The number of urea groups is 2. The van der Waals surface area contributed by atoms with Gasteiger partial charge in [0, 0.05) is 7.05 Å². The van der Waals surface area contributed by atoms with Gasteiger partial charge in [0.2, 0.25) is 0 Å². The lowest BCUT2D eigenvalue weighted by molar-refractivity contribution is 0.200. The van der Waals surface area contributed by atoms with Crippen molar-refractivity contribution in [2.24, 2.45) is 0 Å². The highest BCUT2D eigenvalue weighted by atomic mass is 16.2. The zero-order valence-corrected chi connectivity index (χ0v) is 8.93. The summed E-state index contributed by atoms with van der Waals surface area (Å²) in [6.45, 7) is 0.364. The van der Waals surface area contributed by atoms with Crippen molar-refractivity contribution < 1.29 is 9.59 Å². The van der Waals surface area contributed by atoms with E-state index in [1.54, 1.807) is 0 Å². The third-order valence-electron chi connectivity index (χ3n) is 2.57. The first-order valence-electron chi connectivity index (χ1n) is 5.07. The van der Waals surface area contributed by atoms with E-state index in [4.69, 9.17) is 0 Å². The molecule has 5 heteroatoms. The topological polar surface area (TPSA) is 61.4 Å². The Morgan fingerprint density at radius 2 is 2.12 bits per heavy atom. The van der Waals surface area contributed by atoms with E-state index in [1.807, 2.05) is 30.3 Å². The number of nitrogens with zero attached hydrogens (tertiary/aromatic N) is 1. The molecule has 4 amide bonds. The Balaban J connectivity index is 2.13. The Labute approximate surface area is 93.4 Å². The second kappa shape index (κ2) is 4.22. The zero-order valence-electron chi connectivity index (χ0n) is 8.93. The van der Waals surface area contributed by atoms with Crippen LogP contribution in [0.5, 0.6) is 0 Å².